The molecule has 4 rings (SSSR count). The zero-order valence-corrected chi connectivity index (χ0v) is 20.8. The first kappa shape index (κ1) is 24.8. The topological polar surface area (TPSA) is 72.9 Å². The Balaban J connectivity index is 1.85. The molecule has 0 spiro atoms. The van der Waals surface area contributed by atoms with E-state index in [4.69, 9.17) is 32.7 Å². The molecule has 1 heterocycles. The Morgan fingerprint density at radius 2 is 1.63 bits per heavy atom. The van der Waals surface area contributed by atoms with Crippen LogP contribution in [0.15, 0.2) is 66.7 Å². The first-order chi connectivity index (χ1) is 16.7. The SMILES string of the molecule is COc1cc(N2C(=O)C(=O)C(C(=O)c3ccccc3Cl)C2c2ccc(Cl)cc2)ccc1OC(C)C. The van der Waals surface area contributed by atoms with Gasteiger partial charge in [-0.2, -0.15) is 0 Å². The molecule has 180 valence electrons. The Labute approximate surface area is 213 Å². The second-order valence-electron chi connectivity index (χ2n) is 8.36. The molecule has 1 aliphatic rings. The molecule has 0 aromatic heterocycles. The van der Waals surface area contributed by atoms with E-state index in [-0.39, 0.29) is 16.7 Å². The molecule has 3 aromatic rings. The van der Waals surface area contributed by atoms with E-state index >= 15 is 0 Å². The van der Waals surface area contributed by atoms with Crippen LogP contribution in [0, 0.1) is 5.92 Å². The Hall–Kier alpha value is -3.35. The van der Waals surface area contributed by atoms with E-state index < -0.39 is 29.4 Å². The van der Waals surface area contributed by atoms with Gasteiger partial charge in [0.1, 0.15) is 5.92 Å². The number of ether oxygens (including phenoxy) is 2. The summed E-state index contributed by atoms with van der Waals surface area (Å²) < 4.78 is 11.3. The summed E-state index contributed by atoms with van der Waals surface area (Å²) in [7, 11) is 1.49. The summed E-state index contributed by atoms with van der Waals surface area (Å²) in [6, 6.07) is 17.2. The summed E-state index contributed by atoms with van der Waals surface area (Å²) in [4.78, 5) is 41.6. The monoisotopic (exact) mass is 511 g/mol. The lowest BCUT2D eigenvalue weighted by Crippen LogP contribution is -2.30. The van der Waals surface area contributed by atoms with E-state index in [0.717, 1.165) is 0 Å². The van der Waals surface area contributed by atoms with Crippen LogP contribution in [0.5, 0.6) is 11.5 Å². The van der Waals surface area contributed by atoms with Crippen molar-refractivity contribution in [3.63, 3.8) is 0 Å². The van der Waals surface area contributed by atoms with Gasteiger partial charge in [-0.3, -0.25) is 19.3 Å². The van der Waals surface area contributed by atoms with Gasteiger partial charge in [0.2, 0.25) is 5.78 Å². The molecular weight excluding hydrogens is 489 g/mol. The third-order valence-electron chi connectivity index (χ3n) is 5.73. The van der Waals surface area contributed by atoms with Crippen LogP contribution in [-0.4, -0.2) is 30.7 Å². The van der Waals surface area contributed by atoms with Gasteiger partial charge in [0.25, 0.3) is 5.91 Å². The average molecular weight is 512 g/mol. The van der Waals surface area contributed by atoms with E-state index in [9.17, 15) is 14.4 Å². The molecule has 3 aromatic carbocycles. The van der Waals surface area contributed by atoms with Crippen molar-refractivity contribution in [2.45, 2.75) is 26.0 Å². The van der Waals surface area contributed by atoms with Crippen LogP contribution in [0.2, 0.25) is 10.0 Å². The van der Waals surface area contributed by atoms with Crippen LogP contribution in [0.25, 0.3) is 0 Å². The van der Waals surface area contributed by atoms with Gasteiger partial charge in [0, 0.05) is 22.3 Å². The van der Waals surface area contributed by atoms with Crippen molar-refractivity contribution in [3.05, 3.63) is 87.9 Å². The molecule has 1 amide bonds. The van der Waals surface area contributed by atoms with Gasteiger partial charge in [0.15, 0.2) is 17.3 Å². The number of anilines is 1. The molecule has 0 aliphatic carbocycles. The summed E-state index contributed by atoms with van der Waals surface area (Å²) in [5.74, 6) is -2.53. The first-order valence-electron chi connectivity index (χ1n) is 11.0. The predicted octanol–water partition coefficient (Wildman–Crippen LogP) is 5.95. The van der Waals surface area contributed by atoms with Gasteiger partial charge in [-0.15, -0.1) is 0 Å². The van der Waals surface area contributed by atoms with E-state index in [1.807, 2.05) is 13.8 Å². The molecule has 6 nitrogen and oxygen atoms in total. The number of Topliss-reactive ketones (excluding diaryl/α,β-unsaturated/α-hetero) is 2. The molecule has 2 unspecified atom stereocenters. The molecule has 2 atom stereocenters. The number of ketones is 2. The predicted molar refractivity (Wildman–Crippen MR) is 135 cm³/mol. The zero-order chi connectivity index (χ0) is 25.3. The summed E-state index contributed by atoms with van der Waals surface area (Å²) >= 11 is 12.4. The number of amides is 1. The van der Waals surface area contributed by atoms with Gasteiger partial charge in [-0.05, 0) is 55.8 Å². The lowest BCUT2D eigenvalue weighted by atomic mass is 9.86. The van der Waals surface area contributed by atoms with Crippen molar-refractivity contribution < 1.29 is 23.9 Å². The molecule has 0 bridgehead atoms. The molecule has 1 saturated heterocycles. The molecule has 35 heavy (non-hydrogen) atoms. The normalized spacial score (nSPS) is 17.7. The number of carbonyl (C=O) groups is 3. The lowest BCUT2D eigenvalue weighted by Gasteiger charge is -2.28. The fourth-order valence-corrected chi connectivity index (χ4v) is 4.55. The minimum atomic E-state index is -1.29. The van der Waals surface area contributed by atoms with Crippen LogP contribution in [0.1, 0.15) is 35.8 Å². The number of halogens is 2. The van der Waals surface area contributed by atoms with Crippen molar-refractivity contribution in [2.24, 2.45) is 5.92 Å². The third kappa shape index (κ3) is 4.77. The van der Waals surface area contributed by atoms with Gasteiger partial charge < -0.3 is 9.47 Å². The number of methoxy groups -OCH3 is 1. The maximum absolute atomic E-state index is 13.6. The van der Waals surface area contributed by atoms with Crippen LogP contribution in [-0.2, 0) is 9.59 Å². The Kier molecular flexibility index (Phi) is 7.15. The Morgan fingerprint density at radius 3 is 2.26 bits per heavy atom. The summed E-state index contributed by atoms with van der Waals surface area (Å²) in [5, 5.41) is 0.699. The molecule has 8 heteroatoms. The molecule has 0 N–H and O–H groups in total. The van der Waals surface area contributed by atoms with Crippen molar-refractivity contribution in [1.82, 2.24) is 0 Å². The molecule has 1 fully saturated rings. The van der Waals surface area contributed by atoms with E-state index in [1.165, 1.54) is 12.0 Å². The standard InChI is InChI=1S/C27H23Cl2NO5/c1-15(2)35-21-13-12-18(14-22(21)34-3)30-24(16-8-10-17(28)11-9-16)23(26(32)27(30)33)25(31)19-6-4-5-7-20(19)29/h4-15,23-24H,1-3H3. The average Bonchev–Trinajstić information content (AvgIpc) is 3.10. The number of benzene rings is 3. The van der Waals surface area contributed by atoms with Gasteiger partial charge in [-0.1, -0.05) is 47.5 Å². The molecular formula is C27H23Cl2NO5. The summed E-state index contributed by atoms with van der Waals surface area (Å²) in [6.07, 6.45) is -0.0933. The van der Waals surface area contributed by atoms with E-state index in [1.54, 1.807) is 66.7 Å². The van der Waals surface area contributed by atoms with Gasteiger partial charge >= 0.3 is 0 Å². The van der Waals surface area contributed by atoms with Crippen LogP contribution >= 0.6 is 23.2 Å². The number of hydrogen-bond acceptors (Lipinski definition) is 5. The van der Waals surface area contributed by atoms with Crippen molar-refractivity contribution in [3.8, 4) is 11.5 Å². The second-order valence-corrected chi connectivity index (χ2v) is 9.20. The number of carbonyl (C=O) groups excluding carboxylic acids is 3. The van der Waals surface area contributed by atoms with Crippen LogP contribution in [0.4, 0.5) is 5.69 Å². The fraction of sp³-hybridized carbons (Fsp3) is 0.222. The molecule has 0 radical (unpaired) electrons. The first-order valence-corrected chi connectivity index (χ1v) is 11.7. The minimum Gasteiger partial charge on any atom is -0.493 e. The van der Waals surface area contributed by atoms with Crippen molar-refractivity contribution in [2.75, 3.05) is 12.0 Å². The van der Waals surface area contributed by atoms with E-state index in [0.29, 0.717) is 27.8 Å². The third-order valence-corrected chi connectivity index (χ3v) is 6.31. The van der Waals surface area contributed by atoms with Crippen LogP contribution in [0.3, 0.4) is 0 Å². The van der Waals surface area contributed by atoms with Crippen molar-refractivity contribution >= 4 is 46.4 Å². The van der Waals surface area contributed by atoms with E-state index in [2.05, 4.69) is 0 Å². The van der Waals surface area contributed by atoms with Gasteiger partial charge in [-0.25, -0.2) is 0 Å². The zero-order valence-electron chi connectivity index (χ0n) is 19.3. The quantitative estimate of drug-likeness (QED) is 0.222. The fourth-order valence-electron chi connectivity index (χ4n) is 4.20. The Bertz CT molecular complexity index is 1290. The highest BCUT2D eigenvalue weighted by molar-refractivity contribution is 6.49. The Morgan fingerprint density at radius 1 is 0.943 bits per heavy atom. The van der Waals surface area contributed by atoms with Gasteiger partial charge in [0.05, 0.1) is 24.3 Å². The summed E-state index contributed by atoms with van der Waals surface area (Å²) in [6.45, 7) is 3.77. The highest BCUT2D eigenvalue weighted by Crippen LogP contribution is 2.44. The van der Waals surface area contributed by atoms with Crippen LogP contribution < -0.4 is 14.4 Å². The number of nitrogens with zero attached hydrogens (tertiary/aromatic N) is 1. The number of hydrogen-bond donors (Lipinski definition) is 0. The second kappa shape index (κ2) is 10.1. The molecule has 0 saturated carbocycles. The maximum atomic E-state index is 13.6. The highest BCUT2D eigenvalue weighted by atomic mass is 35.5. The lowest BCUT2D eigenvalue weighted by molar-refractivity contribution is -0.135. The van der Waals surface area contributed by atoms with Crippen molar-refractivity contribution in [1.29, 1.82) is 0 Å². The largest absolute Gasteiger partial charge is 0.493 e. The number of rotatable bonds is 7. The maximum Gasteiger partial charge on any atom is 0.295 e. The summed E-state index contributed by atoms with van der Waals surface area (Å²) in [5.41, 5.74) is 1.16. The smallest absolute Gasteiger partial charge is 0.295 e. The molecule has 1 aliphatic heterocycles. The highest BCUT2D eigenvalue weighted by Gasteiger charge is 2.52. The minimum absolute atomic E-state index is 0.0933.